The van der Waals surface area contributed by atoms with Crippen molar-refractivity contribution in [1.82, 2.24) is 10.2 Å². The number of primary amides is 1. The number of rotatable bonds is 6. The third kappa shape index (κ3) is 5.16. The molecule has 0 bridgehead atoms. The molecule has 3 amide bonds. The van der Waals surface area contributed by atoms with Gasteiger partial charge in [0.25, 0.3) is 0 Å². The Kier molecular flexibility index (Phi) is 6.75. The van der Waals surface area contributed by atoms with Crippen LogP contribution in [0.1, 0.15) is 21.3 Å². The molecule has 148 valence electrons. The zero-order chi connectivity index (χ0) is 19.9. The lowest BCUT2D eigenvalue weighted by Gasteiger charge is -2.34. The molecule has 1 unspecified atom stereocenters. The van der Waals surface area contributed by atoms with E-state index in [2.05, 4.69) is 15.5 Å². The Morgan fingerprint density at radius 1 is 1.11 bits per heavy atom. The monoisotopic (exact) mass is 402 g/mol. The maximum Gasteiger partial charge on any atom is 0.313 e. The first-order valence-corrected chi connectivity index (χ1v) is 9.77. The molecule has 1 fully saturated rings. The van der Waals surface area contributed by atoms with Crippen molar-refractivity contribution in [3.8, 4) is 0 Å². The summed E-state index contributed by atoms with van der Waals surface area (Å²) < 4.78 is 5.40. The fourth-order valence-corrected chi connectivity index (χ4v) is 3.82. The van der Waals surface area contributed by atoms with E-state index >= 15 is 0 Å². The van der Waals surface area contributed by atoms with Gasteiger partial charge in [0.2, 0.25) is 5.91 Å². The molecule has 0 spiro atoms. The van der Waals surface area contributed by atoms with Gasteiger partial charge < -0.3 is 21.1 Å². The Labute approximate surface area is 166 Å². The van der Waals surface area contributed by atoms with Gasteiger partial charge in [-0.15, -0.1) is 11.3 Å². The summed E-state index contributed by atoms with van der Waals surface area (Å²) in [7, 11) is 0. The quantitative estimate of drug-likeness (QED) is 0.623. The average molecular weight is 402 g/mol. The molecule has 0 aliphatic carbocycles. The maximum absolute atomic E-state index is 12.2. The van der Waals surface area contributed by atoms with Crippen LogP contribution in [0.25, 0.3) is 0 Å². The lowest BCUT2D eigenvalue weighted by Crippen LogP contribution is -2.45. The molecule has 1 atom stereocenters. The highest BCUT2D eigenvalue weighted by molar-refractivity contribution is 7.10. The SMILES string of the molecule is NC(=O)c1ccc(NC(=O)C(=O)NCC(c2cccs2)N2CCOCC2)cc1. The van der Waals surface area contributed by atoms with Gasteiger partial charge in [0.1, 0.15) is 0 Å². The van der Waals surface area contributed by atoms with Crippen molar-refractivity contribution in [1.29, 1.82) is 0 Å². The van der Waals surface area contributed by atoms with Crippen LogP contribution in [0.4, 0.5) is 5.69 Å². The Balaban J connectivity index is 1.57. The molecule has 2 aromatic rings. The van der Waals surface area contributed by atoms with Gasteiger partial charge >= 0.3 is 11.8 Å². The second-order valence-electron chi connectivity index (χ2n) is 6.29. The second kappa shape index (κ2) is 9.45. The molecular weight excluding hydrogens is 380 g/mol. The smallest absolute Gasteiger partial charge is 0.313 e. The molecule has 9 heteroatoms. The molecule has 1 saturated heterocycles. The van der Waals surface area contributed by atoms with E-state index in [9.17, 15) is 14.4 Å². The number of nitrogens with zero attached hydrogens (tertiary/aromatic N) is 1. The summed E-state index contributed by atoms with van der Waals surface area (Å²) in [6.07, 6.45) is 0. The summed E-state index contributed by atoms with van der Waals surface area (Å²) in [5.41, 5.74) is 5.92. The van der Waals surface area contributed by atoms with E-state index in [1.165, 1.54) is 24.3 Å². The minimum absolute atomic E-state index is 0.00417. The first-order chi connectivity index (χ1) is 13.5. The first kappa shape index (κ1) is 20.0. The molecule has 4 N–H and O–H groups in total. The van der Waals surface area contributed by atoms with Crippen molar-refractivity contribution in [2.45, 2.75) is 6.04 Å². The van der Waals surface area contributed by atoms with E-state index in [1.807, 2.05) is 17.5 Å². The first-order valence-electron chi connectivity index (χ1n) is 8.89. The van der Waals surface area contributed by atoms with E-state index < -0.39 is 17.7 Å². The van der Waals surface area contributed by atoms with Gasteiger partial charge in [-0.25, -0.2) is 0 Å². The van der Waals surface area contributed by atoms with E-state index in [0.717, 1.165) is 18.0 Å². The molecule has 1 aromatic carbocycles. The van der Waals surface area contributed by atoms with Crippen LogP contribution in [0, 0.1) is 0 Å². The van der Waals surface area contributed by atoms with Crippen molar-refractivity contribution in [2.75, 3.05) is 38.2 Å². The van der Waals surface area contributed by atoms with Crippen LogP contribution < -0.4 is 16.4 Å². The highest BCUT2D eigenvalue weighted by atomic mass is 32.1. The van der Waals surface area contributed by atoms with Crippen LogP contribution in [0.5, 0.6) is 0 Å². The topological polar surface area (TPSA) is 114 Å². The van der Waals surface area contributed by atoms with Gasteiger partial charge in [-0.1, -0.05) is 6.07 Å². The number of nitrogens with two attached hydrogens (primary N) is 1. The van der Waals surface area contributed by atoms with Crippen molar-refractivity contribution >= 4 is 34.7 Å². The third-order valence-electron chi connectivity index (χ3n) is 4.45. The molecule has 1 aromatic heterocycles. The number of carbonyl (C=O) groups excluding carboxylic acids is 3. The number of ether oxygens (including phenoxy) is 1. The van der Waals surface area contributed by atoms with E-state index in [-0.39, 0.29) is 6.04 Å². The molecular formula is C19H22N4O4S. The zero-order valence-corrected chi connectivity index (χ0v) is 16.0. The minimum Gasteiger partial charge on any atom is -0.379 e. The third-order valence-corrected chi connectivity index (χ3v) is 5.42. The summed E-state index contributed by atoms with van der Waals surface area (Å²) in [6, 6.07) is 10.0. The van der Waals surface area contributed by atoms with E-state index in [1.54, 1.807) is 11.3 Å². The lowest BCUT2D eigenvalue weighted by molar-refractivity contribution is -0.136. The van der Waals surface area contributed by atoms with Crippen molar-refractivity contribution in [3.63, 3.8) is 0 Å². The molecule has 28 heavy (non-hydrogen) atoms. The van der Waals surface area contributed by atoms with Crippen LogP contribution in [0.2, 0.25) is 0 Å². The van der Waals surface area contributed by atoms with Gasteiger partial charge in [-0.3, -0.25) is 19.3 Å². The number of nitrogens with one attached hydrogen (secondary N) is 2. The minimum atomic E-state index is -0.765. The largest absolute Gasteiger partial charge is 0.379 e. The summed E-state index contributed by atoms with van der Waals surface area (Å²) in [5, 5.41) is 7.22. The van der Waals surface area contributed by atoms with Gasteiger partial charge in [0.05, 0.1) is 19.3 Å². The lowest BCUT2D eigenvalue weighted by atomic mass is 10.2. The molecule has 2 heterocycles. The van der Waals surface area contributed by atoms with Crippen LogP contribution in [-0.4, -0.2) is 55.5 Å². The predicted octanol–water partition coefficient (Wildman–Crippen LogP) is 0.975. The van der Waals surface area contributed by atoms with Gasteiger partial charge in [0, 0.05) is 35.8 Å². The van der Waals surface area contributed by atoms with E-state index in [4.69, 9.17) is 10.5 Å². The second-order valence-corrected chi connectivity index (χ2v) is 7.26. The fourth-order valence-electron chi connectivity index (χ4n) is 2.95. The van der Waals surface area contributed by atoms with Gasteiger partial charge in [0.15, 0.2) is 0 Å². The number of anilines is 1. The van der Waals surface area contributed by atoms with Crippen LogP contribution in [-0.2, 0) is 14.3 Å². The summed E-state index contributed by atoms with van der Waals surface area (Å²) in [5.74, 6) is -2.04. The molecule has 0 radical (unpaired) electrons. The summed E-state index contributed by atoms with van der Waals surface area (Å²) in [4.78, 5) is 38.9. The van der Waals surface area contributed by atoms with E-state index in [0.29, 0.717) is 31.0 Å². The van der Waals surface area contributed by atoms with Crippen LogP contribution in [0.15, 0.2) is 41.8 Å². The number of carbonyl (C=O) groups is 3. The van der Waals surface area contributed by atoms with Crippen molar-refractivity contribution < 1.29 is 19.1 Å². The number of morpholine rings is 1. The van der Waals surface area contributed by atoms with Crippen LogP contribution in [0.3, 0.4) is 0 Å². The fraction of sp³-hybridized carbons (Fsp3) is 0.316. The average Bonchev–Trinajstić information content (AvgIpc) is 3.23. The molecule has 0 saturated carbocycles. The highest BCUT2D eigenvalue weighted by Gasteiger charge is 2.25. The predicted molar refractivity (Wildman–Crippen MR) is 106 cm³/mol. The van der Waals surface area contributed by atoms with Crippen LogP contribution >= 0.6 is 11.3 Å². The zero-order valence-electron chi connectivity index (χ0n) is 15.2. The summed E-state index contributed by atoms with van der Waals surface area (Å²) >= 11 is 1.62. The molecule has 3 rings (SSSR count). The number of thiophene rings is 1. The Bertz CT molecular complexity index is 817. The standard InChI is InChI=1S/C19H22N4O4S/c20-17(24)13-3-5-14(6-4-13)22-19(26)18(25)21-12-15(16-2-1-11-28-16)23-7-9-27-10-8-23/h1-6,11,15H,7-10,12H2,(H2,20,24)(H,21,25)(H,22,26). The Morgan fingerprint density at radius 2 is 1.82 bits per heavy atom. The van der Waals surface area contributed by atoms with Crippen molar-refractivity contribution in [2.24, 2.45) is 5.73 Å². The normalized spacial score (nSPS) is 15.6. The molecule has 8 nitrogen and oxygen atoms in total. The van der Waals surface area contributed by atoms with Gasteiger partial charge in [-0.2, -0.15) is 0 Å². The van der Waals surface area contributed by atoms with Crippen molar-refractivity contribution in [3.05, 3.63) is 52.2 Å². The molecule has 1 aliphatic rings. The highest BCUT2D eigenvalue weighted by Crippen LogP contribution is 2.25. The molecule has 1 aliphatic heterocycles. The summed E-state index contributed by atoms with van der Waals surface area (Å²) in [6.45, 7) is 3.18. The number of benzene rings is 1. The maximum atomic E-state index is 12.2. The number of hydrogen-bond donors (Lipinski definition) is 3. The van der Waals surface area contributed by atoms with Gasteiger partial charge in [-0.05, 0) is 35.7 Å². The Morgan fingerprint density at radius 3 is 2.43 bits per heavy atom. The Hall–Kier alpha value is -2.75. The number of amides is 3. The number of hydrogen-bond acceptors (Lipinski definition) is 6.